The smallest absolute Gasteiger partial charge is 0.127 e. The van der Waals surface area contributed by atoms with E-state index in [2.05, 4.69) is 5.32 Å². The van der Waals surface area contributed by atoms with Crippen LogP contribution in [0.15, 0.2) is 18.2 Å². The maximum Gasteiger partial charge on any atom is 0.127 e. The Morgan fingerprint density at radius 3 is 2.88 bits per heavy atom. The van der Waals surface area contributed by atoms with Crippen molar-refractivity contribution in [1.29, 1.82) is 0 Å². The Morgan fingerprint density at radius 1 is 1.41 bits per heavy atom. The van der Waals surface area contributed by atoms with E-state index < -0.39 is 17.7 Å². The average Bonchev–Trinajstić information content (AvgIpc) is 2.29. The molecule has 0 radical (unpaired) electrons. The summed E-state index contributed by atoms with van der Waals surface area (Å²) in [6, 6.07) is 3.35. The van der Waals surface area contributed by atoms with Crippen LogP contribution in [0.1, 0.15) is 12.0 Å². The Morgan fingerprint density at radius 2 is 2.18 bits per heavy atom. The van der Waals surface area contributed by atoms with Crippen LogP contribution in [0.5, 0.6) is 0 Å². The van der Waals surface area contributed by atoms with E-state index in [0.29, 0.717) is 13.0 Å². The molecule has 0 aliphatic heterocycles. The molecule has 0 aromatic heterocycles. The number of aliphatic hydroxyl groups is 1. The van der Waals surface area contributed by atoms with Crippen LogP contribution < -0.4 is 5.32 Å². The standard InChI is InChI=1S/C12H17F2NO2/c1-17-8-11(16)4-5-15-7-9-6-10(13)2-3-12(9)14/h2-3,6,11,15-16H,4-5,7-8H2,1H3. The molecule has 5 heteroatoms. The minimum absolute atomic E-state index is 0.239. The molecule has 0 saturated carbocycles. The molecule has 0 fully saturated rings. The van der Waals surface area contributed by atoms with Crippen molar-refractivity contribution in [2.24, 2.45) is 0 Å². The highest BCUT2D eigenvalue weighted by atomic mass is 19.1. The quantitative estimate of drug-likeness (QED) is 0.714. The van der Waals surface area contributed by atoms with Crippen molar-refractivity contribution in [3.63, 3.8) is 0 Å². The summed E-state index contributed by atoms with van der Waals surface area (Å²) in [5, 5.41) is 12.3. The molecular weight excluding hydrogens is 228 g/mol. The first-order valence-electron chi connectivity index (χ1n) is 5.45. The molecule has 3 nitrogen and oxygen atoms in total. The fourth-order valence-corrected chi connectivity index (χ4v) is 1.45. The number of ether oxygens (including phenoxy) is 1. The molecule has 0 aliphatic rings. The summed E-state index contributed by atoms with van der Waals surface area (Å²) < 4.78 is 30.8. The second-order valence-electron chi connectivity index (χ2n) is 3.81. The molecule has 96 valence electrons. The van der Waals surface area contributed by atoms with Gasteiger partial charge in [0.25, 0.3) is 0 Å². The van der Waals surface area contributed by atoms with Crippen molar-refractivity contribution in [3.8, 4) is 0 Å². The first kappa shape index (κ1) is 14.0. The van der Waals surface area contributed by atoms with Crippen LogP contribution in [-0.4, -0.2) is 31.5 Å². The normalized spacial score (nSPS) is 12.7. The van der Waals surface area contributed by atoms with Crippen LogP contribution in [0.25, 0.3) is 0 Å². The first-order valence-corrected chi connectivity index (χ1v) is 5.45. The van der Waals surface area contributed by atoms with Gasteiger partial charge in [0.1, 0.15) is 11.6 Å². The summed E-state index contributed by atoms with van der Waals surface area (Å²) in [4.78, 5) is 0. The zero-order chi connectivity index (χ0) is 12.7. The fourth-order valence-electron chi connectivity index (χ4n) is 1.45. The van der Waals surface area contributed by atoms with Crippen LogP contribution in [0, 0.1) is 11.6 Å². The first-order chi connectivity index (χ1) is 8.13. The topological polar surface area (TPSA) is 41.5 Å². The van der Waals surface area contributed by atoms with Gasteiger partial charge in [-0.1, -0.05) is 0 Å². The second-order valence-corrected chi connectivity index (χ2v) is 3.81. The third-order valence-electron chi connectivity index (χ3n) is 2.34. The third-order valence-corrected chi connectivity index (χ3v) is 2.34. The van der Waals surface area contributed by atoms with Gasteiger partial charge in [-0.05, 0) is 31.2 Å². The molecule has 0 aliphatic carbocycles. The van der Waals surface area contributed by atoms with Gasteiger partial charge in [0.2, 0.25) is 0 Å². The number of nitrogens with one attached hydrogen (secondary N) is 1. The zero-order valence-electron chi connectivity index (χ0n) is 9.75. The van der Waals surface area contributed by atoms with E-state index in [1.54, 1.807) is 0 Å². The SMILES string of the molecule is COCC(O)CCNCc1cc(F)ccc1F. The lowest BCUT2D eigenvalue weighted by Gasteiger charge is -2.10. The van der Waals surface area contributed by atoms with Crippen molar-refractivity contribution in [3.05, 3.63) is 35.4 Å². The maximum absolute atomic E-state index is 13.2. The van der Waals surface area contributed by atoms with Gasteiger partial charge in [0.15, 0.2) is 0 Å². The number of aliphatic hydroxyl groups excluding tert-OH is 1. The molecule has 1 atom stereocenters. The minimum atomic E-state index is -0.537. The van der Waals surface area contributed by atoms with Gasteiger partial charge in [-0.2, -0.15) is 0 Å². The summed E-state index contributed by atoms with van der Waals surface area (Å²) in [7, 11) is 1.51. The number of rotatable bonds is 7. The molecular formula is C12H17F2NO2. The van der Waals surface area contributed by atoms with Gasteiger partial charge in [0.05, 0.1) is 12.7 Å². The average molecular weight is 245 g/mol. The molecule has 2 N–H and O–H groups in total. The molecule has 0 spiro atoms. The Balaban J connectivity index is 2.28. The van der Waals surface area contributed by atoms with Gasteiger partial charge < -0.3 is 15.2 Å². The van der Waals surface area contributed by atoms with E-state index in [1.165, 1.54) is 7.11 Å². The van der Waals surface area contributed by atoms with Crippen molar-refractivity contribution in [1.82, 2.24) is 5.32 Å². The molecule has 1 unspecified atom stereocenters. The van der Waals surface area contributed by atoms with E-state index in [9.17, 15) is 13.9 Å². The molecule has 1 aromatic carbocycles. The highest BCUT2D eigenvalue weighted by molar-refractivity contribution is 5.18. The van der Waals surface area contributed by atoms with Crippen molar-refractivity contribution >= 4 is 0 Å². The van der Waals surface area contributed by atoms with E-state index in [0.717, 1.165) is 18.2 Å². The summed E-state index contributed by atoms with van der Waals surface area (Å²) in [5.74, 6) is -0.890. The van der Waals surface area contributed by atoms with Crippen molar-refractivity contribution in [2.75, 3.05) is 20.3 Å². The van der Waals surface area contributed by atoms with Crippen LogP contribution >= 0.6 is 0 Å². The number of hydrogen-bond donors (Lipinski definition) is 2. The Bertz CT molecular complexity index is 347. The molecule has 0 heterocycles. The predicted octanol–water partition coefficient (Wildman–Crippen LogP) is 1.45. The van der Waals surface area contributed by atoms with E-state index >= 15 is 0 Å². The lowest BCUT2D eigenvalue weighted by Crippen LogP contribution is -2.23. The van der Waals surface area contributed by atoms with Crippen LogP contribution in [0.3, 0.4) is 0 Å². The van der Waals surface area contributed by atoms with Gasteiger partial charge in [-0.15, -0.1) is 0 Å². The van der Waals surface area contributed by atoms with Crippen molar-refractivity contribution < 1.29 is 18.6 Å². The highest BCUT2D eigenvalue weighted by Crippen LogP contribution is 2.09. The van der Waals surface area contributed by atoms with Crippen molar-refractivity contribution in [2.45, 2.75) is 19.1 Å². The monoisotopic (exact) mass is 245 g/mol. The summed E-state index contributed by atoms with van der Waals surface area (Å²) in [6.07, 6.45) is -0.0324. The number of halogens is 2. The van der Waals surface area contributed by atoms with Crippen LogP contribution in [0.4, 0.5) is 8.78 Å². The summed E-state index contributed by atoms with van der Waals surface area (Å²) in [5.41, 5.74) is 0.284. The molecule has 0 bridgehead atoms. The molecule has 0 amide bonds. The van der Waals surface area contributed by atoms with Gasteiger partial charge in [-0.25, -0.2) is 8.78 Å². The Labute approximate surface area is 99.4 Å². The molecule has 1 rings (SSSR count). The fraction of sp³-hybridized carbons (Fsp3) is 0.500. The second kappa shape index (κ2) is 7.32. The zero-order valence-corrected chi connectivity index (χ0v) is 9.75. The van der Waals surface area contributed by atoms with Crippen LogP contribution in [0.2, 0.25) is 0 Å². The van der Waals surface area contributed by atoms with Gasteiger partial charge >= 0.3 is 0 Å². The van der Waals surface area contributed by atoms with Gasteiger partial charge in [0, 0.05) is 19.2 Å². The van der Waals surface area contributed by atoms with Gasteiger partial charge in [-0.3, -0.25) is 0 Å². The maximum atomic E-state index is 13.2. The molecule has 17 heavy (non-hydrogen) atoms. The summed E-state index contributed by atoms with van der Waals surface area (Å²) >= 11 is 0. The third kappa shape index (κ3) is 5.21. The minimum Gasteiger partial charge on any atom is -0.391 e. The highest BCUT2D eigenvalue weighted by Gasteiger charge is 2.05. The number of methoxy groups -OCH3 is 1. The molecule has 1 aromatic rings. The predicted molar refractivity (Wildman–Crippen MR) is 60.6 cm³/mol. The Hall–Kier alpha value is -1.04. The largest absolute Gasteiger partial charge is 0.391 e. The Kier molecular flexibility index (Phi) is 6.04. The number of benzene rings is 1. The van der Waals surface area contributed by atoms with Crippen LogP contribution in [-0.2, 0) is 11.3 Å². The molecule has 0 saturated heterocycles. The lowest BCUT2D eigenvalue weighted by molar-refractivity contribution is 0.0594. The number of hydrogen-bond acceptors (Lipinski definition) is 3. The van der Waals surface area contributed by atoms with E-state index in [-0.39, 0.29) is 18.7 Å². The van der Waals surface area contributed by atoms with E-state index in [4.69, 9.17) is 4.74 Å². The summed E-state index contributed by atoms with van der Waals surface area (Å²) in [6.45, 7) is 1.03. The lowest BCUT2D eigenvalue weighted by atomic mass is 10.2. The van der Waals surface area contributed by atoms with E-state index in [1.807, 2.05) is 0 Å².